The molecule has 0 spiro atoms. The van der Waals surface area contributed by atoms with E-state index in [4.69, 9.17) is 9.47 Å². The number of allylic oxidation sites excluding steroid dienone is 3. The Morgan fingerprint density at radius 1 is 1.09 bits per heavy atom. The van der Waals surface area contributed by atoms with Crippen molar-refractivity contribution in [2.24, 2.45) is 5.92 Å². The number of hydrogen-bond donors (Lipinski definition) is 0. The lowest BCUT2D eigenvalue weighted by atomic mass is 10.0. The van der Waals surface area contributed by atoms with Crippen LogP contribution in [0.2, 0.25) is 0 Å². The number of methoxy groups -OCH3 is 1. The van der Waals surface area contributed by atoms with E-state index in [0.29, 0.717) is 19.4 Å². The number of ketones is 1. The molecule has 1 aliphatic heterocycles. The number of ether oxygens (including phenoxy) is 2. The van der Waals surface area contributed by atoms with Crippen molar-refractivity contribution >= 4 is 11.8 Å². The van der Waals surface area contributed by atoms with E-state index in [-0.39, 0.29) is 23.8 Å². The van der Waals surface area contributed by atoms with Crippen LogP contribution in [0.5, 0.6) is 0 Å². The van der Waals surface area contributed by atoms with Gasteiger partial charge in [0.15, 0.2) is 5.78 Å². The average Bonchev–Trinajstić information content (AvgIpc) is 2.50. The van der Waals surface area contributed by atoms with Crippen molar-refractivity contribution in [2.75, 3.05) is 13.7 Å². The van der Waals surface area contributed by atoms with Crippen LogP contribution < -0.4 is 0 Å². The first-order valence-electron chi connectivity index (χ1n) is 8.60. The number of hydrogen-bond acceptors (Lipinski definition) is 4. The quantitative estimate of drug-likeness (QED) is 0.721. The Labute approximate surface area is 139 Å². The Bertz CT molecular complexity index is 437. The van der Waals surface area contributed by atoms with Crippen LogP contribution in [0.1, 0.15) is 58.8 Å². The van der Waals surface area contributed by atoms with Gasteiger partial charge in [0.1, 0.15) is 6.10 Å². The van der Waals surface area contributed by atoms with Gasteiger partial charge in [0, 0.05) is 25.9 Å². The Hall–Kier alpha value is -1.42. The molecule has 1 rings (SSSR count). The van der Waals surface area contributed by atoms with Gasteiger partial charge < -0.3 is 9.47 Å². The zero-order valence-electron chi connectivity index (χ0n) is 14.7. The van der Waals surface area contributed by atoms with Crippen molar-refractivity contribution in [3.05, 3.63) is 23.8 Å². The lowest BCUT2D eigenvalue weighted by Crippen LogP contribution is -2.26. The van der Waals surface area contributed by atoms with Crippen LogP contribution in [0.15, 0.2) is 23.8 Å². The molecule has 130 valence electrons. The Balaban J connectivity index is 2.82. The molecule has 1 unspecified atom stereocenters. The molecule has 0 amide bonds. The maximum absolute atomic E-state index is 11.9. The summed E-state index contributed by atoms with van der Waals surface area (Å²) in [6.45, 7) is 4.32. The highest BCUT2D eigenvalue weighted by Crippen LogP contribution is 2.16. The molecular formula is C19H30O4. The number of cyclic esters (lactones) is 1. The first-order chi connectivity index (χ1) is 11.0. The third-order valence-corrected chi connectivity index (χ3v) is 4.09. The van der Waals surface area contributed by atoms with E-state index in [9.17, 15) is 9.59 Å². The van der Waals surface area contributed by atoms with Crippen LogP contribution in [0.25, 0.3) is 0 Å². The summed E-state index contributed by atoms with van der Waals surface area (Å²) >= 11 is 0. The summed E-state index contributed by atoms with van der Waals surface area (Å²) in [4.78, 5) is 23.7. The van der Waals surface area contributed by atoms with E-state index in [1.165, 1.54) is 0 Å². The maximum Gasteiger partial charge on any atom is 0.306 e. The lowest BCUT2D eigenvalue weighted by Gasteiger charge is -2.21. The van der Waals surface area contributed by atoms with Gasteiger partial charge in [-0.15, -0.1) is 0 Å². The fourth-order valence-corrected chi connectivity index (χ4v) is 2.67. The first kappa shape index (κ1) is 19.6. The summed E-state index contributed by atoms with van der Waals surface area (Å²) < 4.78 is 10.8. The van der Waals surface area contributed by atoms with Crippen LogP contribution in [-0.2, 0) is 19.1 Å². The molecule has 0 N–H and O–H groups in total. The second kappa shape index (κ2) is 11.2. The standard InChI is InChI=1S/C19H30O4/c1-15-11-12-18(20)9-7-5-4-6-8-10-19(21)23-16(2)17(13-15)14-22-3/h11-13,16-17H,4-10,14H2,1-3H3/b12-11+,15-13+/t16-,17?/m1/s1. The molecule has 4 heteroatoms. The van der Waals surface area contributed by atoms with Crippen LogP contribution >= 0.6 is 0 Å². The zero-order chi connectivity index (χ0) is 17.1. The van der Waals surface area contributed by atoms with Crippen molar-refractivity contribution in [3.8, 4) is 0 Å². The van der Waals surface area contributed by atoms with Gasteiger partial charge >= 0.3 is 5.97 Å². The minimum absolute atomic E-state index is 0.0170. The minimum Gasteiger partial charge on any atom is -0.462 e. The second-order valence-electron chi connectivity index (χ2n) is 6.29. The third-order valence-electron chi connectivity index (χ3n) is 4.09. The van der Waals surface area contributed by atoms with E-state index in [0.717, 1.165) is 37.7 Å². The fraction of sp³-hybridized carbons (Fsp3) is 0.684. The van der Waals surface area contributed by atoms with Gasteiger partial charge in [0.2, 0.25) is 0 Å². The average molecular weight is 322 g/mol. The largest absolute Gasteiger partial charge is 0.462 e. The number of carbonyl (C=O) groups is 2. The molecule has 4 nitrogen and oxygen atoms in total. The highest BCUT2D eigenvalue weighted by atomic mass is 16.5. The molecule has 0 fully saturated rings. The molecule has 0 saturated carbocycles. The molecule has 0 aliphatic carbocycles. The summed E-state index contributed by atoms with van der Waals surface area (Å²) in [6, 6.07) is 0. The summed E-state index contributed by atoms with van der Waals surface area (Å²) in [5, 5.41) is 0. The maximum atomic E-state index is 11.9. The van der Waals surface area contributed by atoms with E-state index >= 15 is 0 Å². The Kier molecular flexibility index (Phi) is 9.53. The van der Waals surface area contributed by atoms with Crippen molar-refractivity contribution in [1.82, 2.24) is 0 Å². The fourth-order valence-electron chi connectivity index (χ4n) is 2.67. The lowest BCUT2D eigenvalue weighted by molar-refractivity contribution is -0.150. The van der Waals surface area contributed by atoms with E-state index < -0.39 is 0 Å². The topological polar surface area (TPSA) is 52.6 Å². The molecule has 0 bridgehead atoms. The van der Waals surface area contributed by atoms with E-state index in [1.54, 1.807) is 13.2 Å². The highest BCUT2D eigenvalue weighted by molar-refractivity contribution is 5.89. The molecule has 1 heterocycles. The molecule has 0 saturated heterocycles. The van der Waals surface area contributed by atoms with Crippen molar-refractivity contribution in [2.45, 2.75) is 64.9 Å². The summed E-state index contributed by atoms with van der Waals surface area (Å²) in [5.41, 5.74) is 0.982. The number of rotatable bonds is 2. The van der Waals surface area contributed by atoms with Crippen LogP contribution in [-0.4, -0.2) is 31.6 Å². The van der Waals surface area contributed by atoms with Gasteiger partial charge in [0.05, 0.1) is 6.61 Å². The molecule has 0 aromatic heterocycles. The first-order valence-corrected chi connectivity index (χ1v) is 8.60. The van der Waals surface area contributed by atoms with Gasteiger partial charge in [-0.3, -0.25) is 9.59 Å². The SMILES string of the molecule is COCC1/C=C(C)/C=C/C(=O)CCCCCCCC(=O)O[C@@H]1C. The Morgan fingerprint density at radius 3 is 2.43 bits per heavy atom. The molecule has 0 aromatic rings. The predicted molar refractivity (Wildman–Crippen MR) is 91.1 cm³/mol. The van der Waals surface area contributed by atoms with Gasteiger partial charge in [-0.05, 0) is 32.8 Å². The van der Waals surface area contributed by atoms with Crippen LogP contribution in [0.4, 0.5) is 0 Å². The summed E-state index contributed by atoms with van der Waals surface area (Å²) in [7, 11) is 1.63. The molecule has 0 aromatic carbocycles. The summed E-state index contributed by atoms with van der Waals surface area (Å²) in [6.07, 6.45) is 11.2. The minimum atomic E-state index is -0.241. The van der Waals surface area contributed by atoms with Gasteiger partial charge in [0.25, 0.3) is 0 Å². The molecule has 1 aliphatic rings. The molecular weight excluding hydrogens is 292 g/mol. The second-order valence-corrected chi connectivity index (χ2v) is 6.29. The van der Waals surface area contributed by atoms with Crippen LogP contribution in [0.3, 0.4) is 0 Å². The Morgan fingerprint density at radius 2 is 1.74 bits per heavy atom. The smallest absolute Gasteiger partial charge is 0.306 e. The van der Waals surface area contributed by atoms with Crippen molar-refractivity contribution in [3.63, 3.8) is 0 Å². The van der Waals surface area contributed by atoms with Gasteiger partial charge in [-0.2, -0.15) is 0 Å². The van der Waals surface area contributed by atoms with Crippen molar-refractivity contribution < 1.29 is 19.1 Å². The van der Waals surface area contributed by atoms with Gasteiger partial charge in [-0.25, -0.2) is 0 Å². The predicted octanol–water partition coefficient (Wildman–Crippen LogP) is 4.00. The molecule has 23 heavy (non-hydrogen) atoms. The van der Waals surface area contributed by atoms with E-state index in [2.05, 4.69) is 0 Å². The summed E-state index contributed by atoms with van der Waals surface area (Å²) in [5.74, 6) is 0.0201. The monoisotopic (exact) mass is 322 g/mol. The highest BCUT2D eigenvalue weighted by Gasteiger charge is 2.19. The van der Waals surface area contributed by atoms with E-state index in [1.807, 2.05) is 26.0 Å². The normalized spacial score (nSPS) is 29.4. The van der Waals surface area contributed by atoms with Crippen molar-refractivity contribution in [1.29, 1.82) is 0 Å². The number of esters is 1. The molecule has 2 atom stereocenters. The zero-order valence-corrected chi connectivity index (χ0v) is 14.7. The number of carbonyl (C=O) groups excluding carboxylic acids is 2. The van der Waals surface area contributed by atoms with Gasteiger partial charge in [-0.1, -0.05) is 37.0 Å². The molecule has 0 radical (unpaired) electrons. The third kappa shape index (κ3) is 8.70. The van der Waals surface area contributed by atoms with Crippen LogP contribution in [0, 0.1) is 5.92 Å².